The van der Waals surface area contributed by atoms with Crippen molar-refractivity contribution < 1.29 is 0 Å². The molecule has 11 aromatic rings. The SMILES string of the molecule is CC1(C)c2cc(-c3cccc4ccc(-c5ccccc5)cc34)ccc2-c2ccc(N(c3ccc(-c4cccc5ccccc45)cc3)c3cccc4c3sc3ccccc34)cc21. The van der Waals surface area contributed by atoms with Crippen molar-refractivity contribution in [3.05, 3.63) is 223 Å². The van der Waals surface area contributed by atoms with Crippen molar-refractivity contribution in [3.8, 4) is 44.5 Å². The summed E-state index contributed by atoms with van der Waals surface area (Å²) in [7, 11) is 0. The standard InChI is InChI=1S/C59H41NS/c1-59(2)54-36-43(48-21-11-17-40-25-26-42(35-53(40)48)38-13-4-3-5-14-38)29-33-49(54)50-34-32-45(37-55(50)59)60(56-23-12-22-52-51-19-8-9-24-57(51)61-58(52)56)44-30-27-41(28-31-44)47-20-10-16-39-15-6-7-18-46(39)47/h3-37H,1-2H3. The van der Waals surface area contributed by atoms with E-state index in [0.717, 1.165) is 11.4 Å². The predicted octanol–water partition coefficient (Wildman–Crippen LogP) is 17.1. The third kappa shape index (κ3) is 5.74. The fourth-order valence-electron chi connectivity index (χ4n) is 9.97. The van der Waals surface area contributed by atoms with E-state index in [2.05, 4.69) is 231 Å². The van der Waals surface area contributed by atoms with E-state index in [4.69, 9.17) is 0 Å². The van der Waals surface area contributed by atoms with Gasteiger partial charge in [0.2, 0.25) is 0 Å². The smallest absolute Gasteiger partial charge is 0.0640 e. The molecule has 1 heterocycles. The molecule has 0 saturated carbocycles. The predicted molar refractivity (Wildman–Crippen MR) is 263 cm³/mol. The fourth-order valence-corrected chi connectivity index (χ4v) is 11.2. The van der Waals surface area contributed by atoms with Crippen LogP contribution in [0.5, 0.6) is 0 Å². The lowest BCUT2D eigenvalue weighted by Crippen LogP contribution is -2.16. The zero-order chi connectivity index (χ0) is 40.7. The molecule has 0 atom stereocenters. The topological polar surface area (TPSA) is 3.24 Å². The van der Waals surface area contributed by atoms with Crippen LogP contribution in [-0.4, -0.2) is 0 Å². The Labute approximate surface area is 360 Å². The molecule has 1 aliphatic rings. The van der Waals surface area contributed by atoms with Crippen molar-refractivity contribution in [1.82, 2.24) is 0 Å². The molecule has 12 rings (SSSR count). The van der Waals surface area contributed by atoms with Crippen molar-refractivity contribution in [2.24, 2.45) is 0 Å². The summed E-state index contributed by atoms with van der Waals surface area (Å²) in [6.45, 7) is 4.80. The zero-order valence-corrected chi connectivity index (χ0v) is 34.9. The van der Waals surface area contributed by atoms with Crippen molar-refractivity contribution in [3.63, 3.8) is 0 Å². The number of hydrogen-bond acceptors (Lipinski definition) is 2. The van der Waals surface area contributed by atoms with Gasteiger partial charge in [-0.1, -0.05) is 178 Å². The van der Waals surface area contributed by atoms with Gasteiger partial charge in [0.05, 0.1) is 10.4 Å². The van der Waals surface area contributed by atoms with E-state index in [1.165, 1.54) is 103 Å². The molecule has 61 heavy (non-hydrogen) atoms. The van der Waals surface area contributed by atoms with Gasteiger partial charge < -0.3 is 4.90 Å². The Morgan fingerprint density at radius 3 is 1.77 bits per heavy atom. The van der Waals surface area contributed by atoms with Crippen LogP contribution in [0.3, 0.4) is 0 Å². The highest BCUT2D eigenvalue weighted by atomic mass is 32.1. The minimum Gasteiger partial charge on any atom is -0.309 e. The normalized spacial score (nSPS) is 12.9. The summed E-state index contributed by atoms with van der Waals surface area (Å²) in [5.41, 5.74) is 16.1. The van der Waals surface area contributed by atoms with E-state index in [9.17, 15) is 0 Å². The molecule has 0 bridgehead atoms. The molecule has 0 N–H and O–H groups in total. The second-order valence-corrected chi connectivity index (χ2v) is 17.9. The molecular weight excluding hydrogens is 755 g/mol. The number of hydrogen-bond donors (Lipinski definition) is 0. The van der Waals surface area contributed by atoms with Crippen LogP contribution in [-0.2, 0) is 5.41 Å². The fraction of sp³-hybridized carbons (Fsp3) is 0.0508. The minimum absolute atomic E-state index is 0.218. The van der Waals surface area contributed by atoms with E-state index >= 15 is 0 Å². The molecule has 0 saturated heterocycles. The Morgan fingerprint density at radius 2 is 0.951 bits per heavy atom. The highest BCUT2D eigenvalue weighted by Gasteiger charge is 2.36. The van der Waals surface area contributed by atoms with Crippen molar-refractivity contribution in [2.45, 2.75) is 19.3 Å². The maximum absolute atomic E-state index is 2.48. The second-order valence-electron chi connectivity index (χ2n) is 16.9. The van der Waals surface area contributed by atoms with E-state index < -0.39 is 0 Å². The molecule has 0 spiro atoms. The average Bonchev–Trinajstić information content (AvgIpc) is 3.81. The summed E-state index contributed by atoms with van der Waals surface area (Å²) in [5, 5.41) is 7.65. The van der Waals surface area contributed by atoms with Crippen LogP contribution < -0.4 is 4.90 Å². The average molecular weight is 796 g/mol. The Bertz CT molecular complexity index is 3500. The van der Waals surface area contributed by atoms with Crippen LogP contribution in [0, 0.1) is 0 Å². The first-order valence-corrected chi connectivity index (χ1v) is 22.0. The van der Waals surface area contributed by atoms with Crippen LogP contribution >= 0.6 is 11.3 Å². The largest absolute Gasteiger partial charge is 0.309 e. The first kappa shape index (κ1) is 35.7. The lowest BCUT2D eigenvalue weighted by molar-refractivity contribution is 0.660. The monoisotopic (exact) mass is 795 g/mol. The highest BCUT2D eigenvalue weighted by Crippen LogP contribution is 2.53. The third-order valence-corrected chi connectivity index (χ3v) is 14.3. The van der Waals surface area contributed by atoms with Gasteiger partial charge in [-0.05, 0) is 126 Å². The third-order valence-electron chi connectivity index (χ3n) is 13.1. The Hall–Kier alpha value is -7.26. The summed E-state index contributed by atoms with van der Waals surface area (Å²) in [4.78, 5) is 2.48. The van der Waals surface area contributed by atoms with Gasteiger partial charge in [-0.2, -0.15) is 0 Å². The van der Waals surface area contributed by atoms with Gasteiger partial charge in [0.15, 0.2) is 0 Å². The molecule has 2 heteroatoms. The molecule has 1 nitrogen and oxygen atoms in total. The number of thiophene rings is 1. The number of rotatable bonds is 6. The summed E-state index contributed by atoms with van der Waals surface area (Å²) < 4.78 is 2.60. The van der Waals surface area contributed by atoms with Gasteiger partial charge in [0, 0.05) is 32.3 Å². The maximum Gasteiger partial charge on any atom is 0.0640 e. The molecule has 10 aromatic carbocycles. The Kier molecular flexibility index (Phi) is 8.13. The van der Waals surface area contributed by atoms with Gasteiger partial charge >= 0.3 is 0 Å². The van der Waals surface area contributed by atoms with Gasteiger partial charge in [-0.3, -0.25) is 0 Å². The van der Waals surface area contributed by atoms with E-state index in [-0.39, 0.29) is 5.41 Å². The Morgan fingerprint density at radius 1 is 0.361 bits per heavy atom. The summed E-state index contributed by atoms with van der Waals surface area (Å²) in [5.74, 6) is 0. The maximum atomic E-state index is 2.48. The molecule has 288 valence electrons. The van der Waals surface area contributed by atoms with Gasteiger partial charge in [-0.25, -0.2) is 0 Å². The molecule has 0 aliphatic heterocycles. The van der Waals surface area contributed by atoms with Gasteiger partial charge in [0.1, 0.15) is 0 Å². The molecule has 0 radical (unpaired) electrons. The lowest BCUT2D eigenvalue weighted by Gasteiger charge is -2.28. The van der Waals surface area contributed by atoms with Crippen LogP contribution in [0.2, 0.25) is 0 Å². The van der Waals surface area contributed by atoms with E-state index in [0.29, 0.717) is 0 Å². The highest BCUT2D eigenvalue weighted by molar-refractivity contribution is 7.26. The van der Waals surface area contributed by atoms with Crippen molar-refractivity contribution >= 4 is 70.1 Å². The first-order chi connectivity index (χ1) is 30.0. The van der Waals surface area contributed by atoms with Crippen LogP contribution in [0.1, 0.15) is 25.0 Å². The van der Waals surface area contributed by atoms with Crippen LogP contribution in [0.4, 0.5) is 17.1 Å². The van der Waals surface area contributed by atoms with Crippen molar-refractivity contribution in [2.75, 3.05) is 4.90 Å². The molecule has 0 fully saturated rings. The summed E-state index contributed by atoms with van der Waals surface area (Å²) in [6, 6.07) is 78.6. The number of anilines is 3. The van der Waals surface area contributed by atoms with Crippen molar-refractivity contribution in [1.29, 1.82) is 0 Å². The minimum atomic E-state index is -0.218. The second kappa shape index (κ2) is 13.9. The molecule has 0 unspecified atom stereocenters. The lowest BCUT2D eigenvalue weighted by atomic mass is 9.81. The van der Waals surface area contributed by atoms with Gasteiger partial charge in [-0.15, -0.1) is 11.3 Å². The summed E-state index contributed by atoms with van der Waals surface area (Å²) >= 11 is 1.88. The van der Waals surface area contributed by atoms with E-state index in [1.807, 2.05) is 11.3 Å². The molecular formula is C59H41NS. The number of benzene rings is 10. The van der Waals surface area contributed by atoms with Crippen LogP contribution in [0.25, 0.3) is 86.2 Å². The van der Waals surface area contributed by atoms with Gasteiger partial charge in [0.25, 0.3) is 0 Å². The van der Waals surface area contributed by atoms with Crippen LogP contribution in [0.15, 0.2) is 212 Å². The molecule has 0 amide bonds. The first-order valence-electron chi connectivity index (χ1n) is 21.2. The summed E-state index contributed by atoms with van der Waals surface area (Å²) in [6.07, 6.45) is 0. The molecule has 1 aromatic heterocycles. The molecule has 1 aliphatic carbocycles. The van der Waals surface area contributed by atoms with E-state index in [1.54, 1.807) is 0 Å². The number of nitrogens with zero attached hydrogens (tertiary/aromatic N) is 1. The number of fused-ring (bicyclic) bond motifs is 8. The zero-order valence-electron chi connectivity index (χ0n) is 34.1. The quantitative estimate of drug-likeness (QED) is 0.162. The Balaban J connectivity index is 0.985.